The second kappa shape index (κ2) is 11.6. The smallest absolute Gasteiger partial charge is 0.145 e. The molecule has 17 heavy (non-hydrogen) atoms. The Labute approximate surface area is 106 Å². The van der Waals surface area contributed by atoms with Crippen LogP contribution in [-0.4, -0.2) is 12.6 Å². The predicted octanol–water partition coefficient (Wildman–Crippen LogP) is 4.05. The van der Waals surface area contributed by atoms with Crippen molar-refractivity contribution in [3.63, 3.8) is 0 Å². The Morgan fingerprint density at radius 3 is 1.76 bits per heavy atom. The summed E-state index contributed by atoms with van der Waals surface area (Å²) in [5, 5.41) is 0. The zero-order chi connectivity index (χ0) is 13.8. The van der Waals surface area contributed by atoms with Crippen LogP contribution >= 0.6 is 0 Å². The van der Waals surface area contributed by atoms with E-state index in [4.69, 9.17) is 0 Å². The predicted molar refractivity (Wildman–Crippen MR) is 74.0 cm³/mol. The van der Waals surface area contributed by atoms with Crippen molar-refractivity contribution in [2.24, 2.45) is 17.8 Å². The van der Waals surface area contributed by atoms with Crippen LogP contribution in [0.25, 0.3) is 0 Å². The van der Waals surface area contributed by atoms with Crippen molar-refractivity contribution < 1.29 is 9.59 Å². The molecule has 100 valence electrons. The van der Waals surface area contributed by atoms with Crippen molar-refractivity contribution in [1.29, 1.82) is 0 Å². The van der Waals surface area contributed by atoms with Gasteiger partial charge >= 0.3 is 0 Å². The normalized spacial score (nSPS) is 13.1. The fourth-order valence-electron chi connectivity index (χ4n) is 1.01. The highest BCUT2D eigenvalue weighted by Gasteiger charge is 2.02. The summed E-state index contributed by atoms with van der Waals surface area (Å²) < 4.78 is 0. The minimum absolute atomic E-state index is 0.362. The van der Waals surface area contributed by atoms with Gasteiger partial charge in [-0.05, 0) is 23.3 Å². The van der Waals surface area contributed by atoms with Crippen LogP contribution in [0.15, 0.2) is 11.6 Å². The molecule has 0 N–H and O–H groups in total. The van der Waals surface area contributed by atoms with Gasteiger partial charge in [0.05, 0.1) is 0 Å². The summed E-state index contributed by atoms with van der Waals surface area (Å²) in [6.45, 7) is 12.4. The van der Waals surface area contributed by atoms with Crippen molar-refractivity contribution in [1.82, 2.24) is 0 Å². The van der Waals surface area contributed by atoms with Gasteiger partial charge in [-0.3, -0.25) is 4.79 Å². The number of carbonyl (C=O) groups excluding carboxylic acids is 2. The van der Waals surface area contributed by atoms with Gasteiger partial charge in [-0.2, -0.15) is 0 Å². The first-order valence-electron chi connectivity index (χ1n) is 6.49. The van der Waals surface area contributed by atoms with Gasteiger partial charge in [-0.25, -0.2) is 0 Å². The van der Waals surface area contributed by atoms with Gasteiger partial charge in [0.25, 0.3) is 0 Å². The summed E-state index contributed by atoms with van der Waals surface area (Å²) in [6.07, 6.45) is 5.78. The maximum absolute atomic E-state index is 10.5. The van der Waals surface area contributed by atoms with Crippen molar-refractivity contribution in [3.8, 4) is 0 Å². The molecule has 0 heterocycles. The van der Waals surface area contributed by atoms with Gasteiger partial charge in [-0.1, -0.05) is 54.0 Å². The molecule has 0 aromatic heterocycles. The van der Waals surface area contributed by atoms with Crippen molar-refractivity contribution >= 4 is 12.6 Å². The summed E-state index contributed by atoms with van der Waals surface area (Å²) in [7, 11) is 0. The maximum atomic E-state index is 10.5. The zero-order valence-corrected chi connectivity index (χ0v) is 12.2. The Hall–Kier alpha value is -0.920. The second-order valence-corrected chi connectivity index (χ2v) is 5.12. The number of aldehydes is 2. The number of rotatable bonds is 6. The van der Waals surface area contributed by atoms with E-state index in [1.165, 1.54) is 0 Å². The molecule has 0 bridgehead atoms. The lowest BCUT2D eigenvalue weighted by Crippen LogP contribution is -1.98. The van der Waals surface area contributed by atoms with E-state index in [1.54, 1.807) is 0 Å². The van der Waals surface area contributed by atoms with E-state index in [2.05, 4.69) is 19.9 Å². The van der Waals surface area contributed by atoms with E-state index < -0.39 is 0 Å². The van der Waals surface area contributed by atoms with E-state index in [9.17, 15) is 9.59 Å². The van der Waals surface area contributed by atoms with Crippen LogP contribution < -0.4 is 0 Å². The Balaban J connectivity index is 0. The summed E-state index contributed by atoms with van der Waals surface area (Å²) in [5.74, 6) is 1.42. The standard InChI is InChI=1S/C10H18O.C5H10O/c1-5-9(4)6-10(7-11)8(2)3;1-5(2)3-4-6/h6-9H,5H2,1-4H3;4-5H,3H2,1-2H3. The summed E-state index contributed by atoms with van der Waals surface area (Å²) in [6, 6.07) is 0. The highest BCUT2D eigenvalue weighted by molar-refractivity contribution is 5.73. The summed E-state index contributed by atoms with van der Waals surface area (Å²) in [5.41, 5.74) is 0.930. The van der Waals surface area contributed by atoms with Crippen LogP contribution in [-0.2, 0) is 9.59 Å². The molecule has 0 saturated heterocycles. The molecule has 0 fully saturated rings. The largest absolute Gasteiger partial charge is 0.303 e. The first-order chi connectivity index (χ1) is 7.88. The Morgan fingerprint density at radius 2 is 1.59 bits per heavy atom. The molecular weight excluding hydrogens is 212 g/mol. The molecular formula is C15H28O2. The van der Waals surface area contributed by atoms with Crippen LogP contribution in [0.1, 0.15) is 54.4 Å². The third-order valence-electron chi connectivity index (χ3n) is 2.49. The fourth-order valence-corrected chi connectivity index (χ4v) is 1.01. The van der Waals surface area contributed by atoms with Gasteiger partial charge in [0, 0.05) is 6.42 Å². The molecule has 0 aliphatic heterocycles. The second-order valence-electron chi connectivity index (χ2n) is 5.12. The Kier molecular flexibility index (Phi) is 12.5. The number of carbonyl (C=O) groups is 2. The van der Waals surface area contributed by atoms with Gasteiger partial charge in [0.1, 0.15) is 12.6 Å². The van der Waals surface area contributed by atoms with Gasteiger partial charge < -0.3 is 4.79 Å². The molecule has 2 nitrogen and oxygen atoms in total. The lowest BCUT2D eigenvalue weighted by molar-refractivity contribution is -0.108. The molecule has 0 spiro atoms. The van der Waals surface area contributed by atoms with Gasteiger partial charge in [0.15, 0.2) is 0 Å². The van der Waals surface area contributed by atoms with Crippen LogP contribution in [0.2, 0.25) is 0 Å². The number of allylic oxidation sites excluding steroid dienone is 2. The first kappa shape index (κ1) is 18.4. The number of hydrogen-bond acceptors (Lipinski definition) is 2. The SMILES string of the molecule is CC(C)CC=O.CCC(C)C=C(C=O)C(C)C. The molecule has 0 aromatic carbocycles. The molecule has 1 unspecified atom stereocenters. The maximum Gasteiger partial charge on any atom is 0.145 e. The monoisotopic (exact) mass is 240 g/mol. The van der Waals surface area contributed by atoms with Gasteiger partial charge in [-0.15, -0.1) is 0 Å². The molecule has 0 amide bonds. The fraction of sp³-hybridized carbons (Fsp3) is 0.733. The molecule has 2 heteroatoms. The third kappa shape index (κ3) is 13.0. The van der Waals surface area contributed by atoms with Crippen molar-refractivity contribution in [3.05, 3.63) is 11.6 Å². The quantitative estimate of drug-likeness (QED) is 0.518. The molecule has 0 aliphatic rings. The van der Waals surface area contributed by atoms with Crippen LogP contribution in [0, 0.1) is 17.8 Å². The average Bonchev–Trinajstić information content (AvgIpc) is 2.25. The van der Waals surface area contributed by atoms with E-state index in [1.807, 2.05) is 27.7 Å². The first-order valence-corrected chi connectivity index (χ1v) is 6.49. The molecule has 0 radical (unpaired) electrons. The van der Waals surface area contributed by atoms with E-state index in [0.717, 1.165) is 24.6 Å². The zero-order valence-electron chi connectivity index (χ0n) is 12.2. The summed E-state index contributed by atoms with van der Waals surface area (Å²) in [4.78, 5) is 20.1. The van der Waals surface area contributed by atoms with Gasteiger partial charge in [0.2, 0.25) is 0 Å². The minimum Gasteiger partial charge on any atom is -0.303 e. The third-order valence-corrected chi connectivity index (χ3v) is 2.49. The lowest BCUT2D eigenvalue weighted by Gasteiger charge is -2.06. The number of hydrogen-bond donors (Lipinski definition) is 0. The minimum atomic E-state index is 0.362. The highest BCUT2D eigenvalue weighted by atomic mass is 16.1. The van der Waals surface area contributed by atoms with Crippen molar-refractivity contribution in [2.45, 2.75) is 54.4 Å². The average molecular weight is 240 g/mol. The Morgan fingerprint density at radius 1 is 1.06 bits per heavy atom. The Bertz CT molecular complexity index is 227. The molecule has 0 aromatic rings. The van der Waals surface area contributed by atoms with Crippen molar-refractivity contribution in [2.75, 3.05) is 0 Å². The summed E-state index contributed by atoms with van der Waals surface area (Å²) >= 11 is 0. The van der Waals surface area contributed by atoms with Crippen LogP contribution in [0.4, 0.5) is 0 Å². The molecule has 0 aliphatic carbocycles. The molecule has 1 atom stereocenters. The van der Waals surface area contributed by atoms with Crippen LogP contribution in [0.5, 0.6) is 0 Å². The topological polar surface area (TPSA) is 34.1 Å². The molecule has 0 rings (SSSR count). The van der Waals surface area contributed by atoms with E-state index in [0.29, 0.717) is 24.2 Å². The lowest BCUT2D eigenvalue weighted by atomic mass is 9.98. The van der Waals surface area contributed by atoms with Crippen LogP contribution in [0.3, 0.4) is 0 Å². The highest BCUT2D eigenvalue weighted by Crippen LogP contribution is 2.12. The molecule has 0 saturated carbocycles. The van der Waals surface area contributed by atoms with E-state index in [-0.39, 0.29) is 0 Å². The van der Waals surface area contributed by atoms with E-state index >= 15 is 0 Å².